The lowest BCUT2D eigenvalue weighted by Gasteiger charge is -2.23. The van der Waals surface area contributed by atoms with Crippen molar-refractivity contribution in [2.75, 3.05) is 33.3 Å². The third-order valence-corrected chi connectivity index (χ3v) is 4.04. The summed E-state index contributed by atoms with van der Waals surface area (Å²) in [5.74, 6) is 1.32. The lowest BCUT2D eigenvalue weighted by atomic mass is 9.97. The van der Waals surface area contributed by atoms with Crippen LogP contribution in [0.5, 0.6) is 5.75 Å². The molecule has 5 heteroatoms. The highest BCUT2D eigenvalue weighted by molar-refractivity contribution is 6.32. The molecule has 1 aliphatic rings. The first kappa shape index (κ1) is 15.1. The Morgan fingerprint density at radius 2 is 2.20 bits per heavy atom. The Kier molecular flexibility index (Phi) is 5.26. The van der Waals surface area contributed by atoms with Crippen molar-refractivity contribution in [3.05, 3.63) is 29.3 Å². The van der Waals surface area contributed by atoms with Gasteiger partial charge in [-0.05, 0) is 24.6 Å². The van der Waals surface area contributed by atoms with Crippen molar-refractivity contribution in [3.63, 3.8) is 0 Å². The molecule has 1 aromatic rings. The topological polar surface area (TPSA) is 41.6 Å². The zero-order valence-electron chi connectivity index (χ0n) is 11.9. The average Bonchev–Trinajstić information content (AvgIpc) is 2.86. The molecule has 0 spiro atoms. The predicted molar refractivity (Wildman–Crippen MR) is 80.1 cm³/mol. The molecule has 0 radical (unpaired) electrons. The van der Waals surface area contributed by atoms with Gasteiger partial charge in [-0.1, -0.05) is 30.7 Å². The molecule has 2 atom stereocenters. The van der Waals surface area contributed by atoms with E-state index in [0.717, 1.165) is 13.1 Å². The maximum Gasteiger partial charge on any atom is 0.227 e. The molecule has 0 aliphatic carbocycles. The fourth-order valence-corrected chi connectivity index (χ4v) is 2.58. The zero-order chi connectivity index (χ0) is 14.5. The number of halogens is 1. The molecular formula is C15H21ClN2O2. The number of nitrogens with one attached hydrogen (secondary N) is 1. The van der Waals surface area contributed by atoms with E-state index >= 15 is 0 Å². The smallest absolute Gasteiger partial charge is 0.227 e. The fraction of sp³-hybridized carbons (Fsp3) is 0.533. The standard InChI is InChI=1S/C15H21ClN2O2/c1-11-9-17-10-12(11)15(19)18(2)7-8-20-14-6-4-3-5-13(14)16/h3-6,11-12,17H,7-10H2,1-2H3. The van der Waals surface area contributed by atoms with Gasteiger partial charge in [0, 0.05) is 13.6 Å². The molecule has 2 rings (SSSR count). The molecule has 0 bridgehead atoms. The molecule has 1 amide bonds. The minimum Gasteiger partial charge on any atom is -0.490 e. The molecule has 20 heavy (non-hydrogen) atoms. The van der Waals surface area contributed by atoms with Gasteiger partial charge in [0.2, 0.25) is 5.91 Å². The van der Waals surface area contributed by atoms with Crippen molar-refractivity contribution in [3.8, 4) is 5.75 Å². The highest BCUT2D eigenvalue weighted by Gasteiger charge is 2.31. The van der Waals surface area contributed by atoms with Crippen molar-refractivity contribution in [2.24, 2.45) is 11.8 Å². The van der Waals surface area contributed by atoms with Gasteiger partial charge in [0.25, 0.3) is 0 Å². The number of amides is 1. The number of nitrogens with zero attached hydrogens (tertiary/aromatic N) is 1. The van der Waals surface area contributed by atoms with Gasteiger partial charge in [0.15, 0.2) is 0 Å². The molecule has 0 aromatic heterocycles. The Bertz CT molecular complexity index is 467. The number of rotatable bonds is 5. The number of hydrogen-bond donors (Lipinski definition) is 1. The van der Waals surface area contributed by atoms with Crippen LogP contribution in [0.15, 0.2) is 24.3 Å². The summed E-state index contributed by atoms with van der Waals surface area (Å²) in [7, 11) is 1.82. The van der Waals surface area contributed by atoms with E-state index in [1.807, 2.05) is 25.2 Å². The van der Waals surface area contributed by atoms with Crippen LogP contribution in [0.1, 0.15) is 6.92 Å². The average molecular weight is 297 g/mol. The zero-order valence-corrected chi connectivity index (χ0v) is 12.7. The SMILES string of the molecule is CC1CNCC1C(=O)N(C)CCOc1ccccc1Cl. The first-order chi connectivity index (χ1) is 9.59. The van der Waals surface area contributed by atoms with E-state index in [0.29, 0.717) is 29.8 Å². The maximum absolute atomic E-state index is 12.3. The Hall–Kier alpha value is -1.26. The van der Waals surface area contributed by atoms with E-state index in [2.05, 4.69) is 12.2 Å². The van der Waals surface area contributed by atoms with E-state index in [4.69, 9.17) is 16.3 Å². The van der Waals surface area contributed by atoms with Gasteiger partial charge < -0.3 is 15.0 Å². The van der Waals surface area contributed by atoms with Gasteiger partial charge in [-0.3, -0.25) is 4.79 Å². The molecular weight excluding hydrogens is 276 g/mol. The molecule has 0 saturated carbocycles. The highest BCUT2D eigenvalue weighted by atomic mass is 35.5. The van der Waals surface area contributed by atoms with Crippen molar-refractivity contribution < 1.29 is 9.53 Å². The fourth-order valence-electron chi connectivity index (χ4n) is 2.39. The minimum atomic E-state index is 0.0836. The number of carbonyl (C=O) groups is 1. The van der Waals surface area contributed by atoms with Crippen LogP contribution in [0, 0.1) is 11.8 Å². The number of ether oxygens (including phenoxy) is 1. The van der Waals surface area contributed by atoms with Crippen molar-refractivity contribution in [2.45, 2.75) is 6.92 Å². The van der Waals surface area contributed by atoms with Crippen LogP contribution in [0.2, 0.25) is 5.02 Å². The molecule has 2 unspecified atom stereocenters. The van der Waals surface area contributed by atoms with Gasteiger partial charge in [-0.15, -0.1) is 0 Å². The third kappa shape index (κ3) is 3.64. The van der Waals surface area contributed by atoms with Gasteiger partial charge >= 0.3 is 0 Å². The second kappa shape index (κ2) is 6.95. The summed E-state index contributed by atoms with van der Waals surface area (Å²) in [4.78, 5) is 14.0. The van der Waals surface area contributed by atoms with Gasteiger partial charge in [0.1, 0.15) is 12.4 Å². The predicted octanol–water partition coefficient (Wildman–Crippen LogP) is 2.03. The molecule has 1 aliphatic heterocycles. The lowest BCUT2D eigenvalue weighted by molar-refractivity contribution is -0.134. The Morgan fingerprint density at radius 1 is 1.45 bits per heavy atom. The number of carbonyl (C=O) groups excluding carboxylic acids is 1. The van der Waals surface area contributed by atoms with E-state index in [1.165, 1.54) is 0 Å². The minimum absolute atomic E-state index is 0.0836. The maximum atomic E-state index is 12.3. The molecule has 110 valence electrons. The first-order valence-corrected chi connectivity index (χ1v) is 7.30. The molecule has 1 fully saturated rings. The van der Waals surface area contributed by atoms with E-state index < -0.39 is 0 Å². The highest BCUT2D eigenvalue weighted by Crippen LogP contribution is 2.23. The van der Waals surface area contributed by atoms with Crippen LogP contribution in [0.3, 0.4) is 0 Å². The van der Waals surface area contributed by atoms with Crippen molar-refractivity contribution >= 4 is 17.5 Å². The summed E-state index contributed by atoms with van der Waals surface area (Å²) in [6, 6.07) is 7.35. The van der Waals surface area contributed by atoms with Crippen LogP contribution in [-0.2, 0) is 4.79 Å². The summed E-state index contributed by atoms with van der Waals surface area (Å²) in [5, 5.41) is 3.84. The van der Waals surface area contributed by atoms with Gasteiger partial charge in [-0.25, -0.2) is 0 Å². The van der Waals surface area contributed by atoms with Crippen LogP contribution in [0.25, 0.3) is 0 Å². The van der Waals surface area contributed by atoms with Gasteiger partial charge in [-0.2, -0.15) is 0 Å². The second-order valence-electron chi connectivity index (χ2n) is 5.28. The quantitative estimate of drug-likeness (QED) is 0.904. The molecule has 1 N–H and O–H groups in total. The Balaban J connectivity index is 1.79. The summed E-state index contributed by atoms with van der Waals surface area (Å²) in [5.41, 5.74) is 0. The van der Waals surface area contributed by atoms with E-state index in [-0.39, 0.29) is 11.8 Å². The van der Waals surface area contributed by atoms with E-state index in [9.17, 15) is 4.79 Å². The van der Waals surface area contributed by atoms with E-state index in [1.54, 1.807) is 11.0 Å². The summed E-state index contributed by atoms with van der Waals surface area (Å²) < 4.78 is 5.61. The molecule has 1 heterocycles. The van der Waals surface area contributed by atoms with Crippen LogP contribution in [-0.4, -0.2) is 44.1 Å². The summed E-state index contributed by atoms with van der Waals surface area (Å²) in [6.07, 6.45) is 0. The van der Waals surface area contributed by atoms with Crippen LogP contribution >= 0.6 is 11.6 Å². The second-order valence-corrected chi connectivity index (χ2v) is 5.69. The molecule has 1 aromatic carbocycles. The third-order valence-electron chi connectivity index (χ3n) is 3.73. The number of benzene rings is 1. The largest absolute Gasteiger partial charge is 0.490 e. The Labute approximate surface area is 125 Å². The normalized spacial score (nSPS) is 21.8. The van der Waals surface area contributed by atoms with Crippen LogP contribution in [0.4, 0.5) is 0 Å². The molecule has 1 saturated heterocycles. The summed E-state index contributed by atoms with van der Waals surface area (Å²) >= 11 is 6.01. The lowest BCUT2D eigenvalue weighted by Crippen LogP contribution is -2.38. The number of hydrogen-bond acceptors (Lipinski definition) is 3. The van der Waals surface area contributed by atoms with Crippen molar-refractivity contribution in [1.82, 2.24) is 10.2 Å². The van der Waals surface area contributed by atoms with Crippen molar-refractivity contribution in [1.29, 1.82) is 0 Å². The number of para-hydroxylation sites is 1. The monoisotopic (exact) mass is 296 g/mol. The van der Waals surface area contributed by atoms with Gasteiger partial charge in [0.05, 0.1) is 17.5 Å². The Morgan fingerprint density at radius 3 is 2.85 bits per heavy atom. The first-order valence-electron chi connectivity index (χ1n) is 6.92. The van der Waals surface area contributed by atoms with Crippen LogP contribution < -0.4 is 10.1 Å². The number of likely N-dealkylation sites (N-methyl/N-ethyl adjacent to an activating group) is 1. The molecule has 4 nitrogen and oxygen atoms in total. The summed E-state index contributed by atoms with van der Waals surface area (Å²) in [6.45, 7) is 4.81.